The maximum atomic E-state index is 5.68. The number of rotatable bonds is 1. The molecule has 0 amide bonds. The van der Waals surface area contributed by atoms with Crippen LogP contribution in [0, 0.1) is 0 Å². The Balaban J connectivity index is 2.80. The third-order valence-electron chi connectivity index (χ3n) is 1.91. The van der Waals surface area contributed by atoms with Gasteiger partial charge in [0.15, 0.2) is 12.0 Å². The molecule has 3 heteroatoms. The van der Waals surface area contributed by atoms with Crippen LogP contribution < -0.4 is 5.73 Å². The number of nitrogen functional groups attached to an aromatic ring is 1. The molecule has 2 aromatic rings. The molecule has 1 aromatic heterocycles. The first kappa shape index (κ1) is 7.16. The molecule has 0 aliphatic carbocycles. The zero-order chi connectivity index (χ0) is 8.55. The Labute approximate surface area is 70.2 Å². The number of nitrogens with two attached hydrogens (primary N) is 1. The van der Waals surface area contributed by atoms with E-state index in [4.69, 9.17) is 10.2 Å². The van der Waals surface area contributed by atoms with Crippen LogP contribution in [0.1, 0.15) is 12.5 Å². The molecule has 0 bridgehead atoms. The second-order valence-electron chi connectivity index (χ2n) is 2.73. The molecule has 0 saturated carbocycles. The Bertz CT molecular complexity index is 406. The van der Waals surface area contributed by atoms with Crippen molar-refractivity contribution in [2.45, 2.75) is 13.3 Å². The first-order valence-corrected chi connectivity index (χ1v) is 3.93. The van der Waals surface area contributed by atoms with Gasteiger partial charge in [-0.2, -0.15) is 0 Å². The van der Waals surface area contributed by atoms with Crippen molar-refractivity contribution >= 4 is 16.8 Å². The summed E-state index contributed by atoms with van der Waals surface area (Å²) in [6.07, 6.45) is 2.36. The van der Waals surface area contributed by atoms with E-state index in [1.165, 1.54) is 6.39 Å². The van der Waals surface area contributed by atoms with Crippen molar-refractivity contribution in [3.05, 3.63) is 24.1 Å². The van der Waals surface area contributed by atoms with Gasteiger partial charge in [0.05, 0.1) is 0 Å². The largest absolute Gasteiger partial charge is 0.443 e. The zero-order valence-corrected chi connectivity index (χ0v) is 6.87. The van der Waals surface area contributed by atoms with Crippen molar-refractivity contribution in [3.63, 3.8) is 0 Å². The molecular weight excluding hydrogens is 152 g/mol. The fourth-order valence-electron chi connectivity index (χ4n) is 1.33. The van der Waals surface area contributed by atoms with Crippen LogP contribution in [0.25, 0.3) is 11.1 Å². The van der Waals surface area contributed by atoms with Crippen LogP contribution >= 0.6 is 0 Å². The van der Waals surface area contributed by atoms with E-state index in [1.807, 2.05) is 12.1 Å². The standard InChI is InChI=1S/C9H10N2O/c1-2-6-3-7(10)4-8-9(6)12-5-11-8/h3-5H,2,10H2,1H3. The van der Waals surface area contributed by atoms with E-state index in [2.05, 4.69) is 11.9 Å². The van der Waals surface area contributed by atoms with E-state index in [0.717, 1.165) is 28.8 Å². The molecule has 1 heterocycles. The minimum atomic E-state index is 0.744. The number of nitrogens with zero attached hydrogens (tertiary/aromatic N) is 1. The molecule has 0 fully saturated rings. The van der Waals surface area contributed by atoms with E-state index >= 15 is 0 Å². The molecule has 3 nitrogen and oxygen atoms in total. The number of hydrogen-bond acceptors (Lipinski definition) is 3. The SMILES string of the molecule is CCc1cc(N)cc2ncoc12. The summed E-state index contributed by atoms with van der Waals surface area (Å²) in [5.74, 6) is 0. The summed E-state index contributed by atoms with van der Waals surface area (Å²) >= 11 is 0. The molecule has 62 valence electrons. The highest BCUT2D eigenvalue weighted by molar-refractivity contribution is 5.80. The van der Waals surface area contributed by atoms with E-state index < -0.39 is 0 Å². The number of hydrogen-bond donors (Lipinski definition) is 1. The van der Waals surface area contributed by atoms with Crippen LogP contribution in [0.3, 0.4) is 0 Å². The molecule has 0 aliphatic rings. The monoisotopic (exact) mass is 162 g/mol. The lowest BCUT2D eigenvalue weighted by Gasteiger charge is -1.98. The summed E-state index contributed by atoms with van der Waals surface area (Å²) in [5.41, 5.74) is 9.23. The first-order valence-electron chi connectivity index (χ1n) is 3.93. The Morgan fingerprint density at radius 1 is 1.50 bits per heavy atom. The molecule has 0 spiro atoms. The molecule has 2 N–H and O–H groups in total. The number of aryl methyl sites for hydroxylation is 1. The molecule has 0 aliphatic heterocycles. The van der Waals surface area contributed by atoms with Crippen LogP contribution in [-0.4, -0.2) is 4.98 Å². The van der Waals surface area contributed by atoms with Gasteiger partial charge in [-0.05, 0) is 24.1 Å². The van der Waals surface area contributed by atoms with Gasteiger partial charge in [-0.25, -0.2) is 4.98 Å². The third kappa shape index (κ3) is 0.942. The van der Waals surface area contributed by atoms with Crippen molar-refractivity contribution in [3.8, 4) is 0 Å². The molecule has 12 heavy (non-hydrogen) atoms. The number of anilines is 1. The lowest BCUT2D eigenvalue weighted by Crippen LogP contribution is -1.88. The number of oxazole rings is 1. The molecule has 2 rings (SSSR count). The highest BCUT2D eigenvalue weighted by atomic mass is 16.3. The van der Waals surface area contributed by atoms with Gasteiger partial charge < -0.3 is 10.2 Å². The number of benzene rings is 1. The molecule has 0 unspecified atom stereocenters. The normalized spacial score (nSPS) is 10.8. The van der Waals surface area contributed by atoms with Crippen LogP contribution in [0.4, 0.5) is 5.69 Å². The quantitative estimate of drug-likeness (QED) is 0.652. The first-order chi connectivity index (χ1) is 5.81. The van der Waals surface area contributed by atoms with Gasteiger partial charge in [0, 0.05) is 5.69 Å². The third-order valence-corrected chi connectivity index (χ3v) is 1.91. The average molecular weight is 162 g/mol. The van der Waals surface area contributed by atoms with Crippen LogP contribution in [0.5, 0.6) is 0 Å². The Kier molecular flexibility index (Phi) is 1.50. The molecule has 1 aromatic carbocycles. The molecule has 0 atom stereocenters. The Morgan fingerprint density at radius 3 is 3.08 bits per heavy atom. The smallest absolute Gasteiger partial charge is 0.181 e. The fraction of sp³-hybridized carbons (Fsp3) is 0.222. The van der Waals surface area contributed by atoms with E-state index in [9.17, 15) is 0 Å². The minimum Gasteiger partial charge on any atom is -0.443 e. The van der Waals surface area contributed by atoms with Crippen molar-refractivity contribution in [2.24, 2.45) is 0 Å². The van der Waals surface area contributed by atoms with Crippen LogP contribution in [0.15, 0.2) is 22.9 Å². The summed E-state index contributed by atoms with van der Waals surface area (Å²) in [4.78, 5) is 4.04. The maximum Gasteiger partial charge on any atom is 0.181 e. The summed E-state index contributed by atoms with van der Waals surface area (Å²) in [7, 11) is 0. The van der Waals surface area contributed by atoms with Gasteiger partial charge in [0.1, 0.15) is 5.52 Å². The zero-order valence-electron chi connectivity index (χ0n) is 6.87. The Hall–Kier alpha value is -1.51. The summed E-state index contributed by atoms with van der Waals surface area (Å²) in [6.45, 7) is 2.07. The van der Waals surface area contributed by atoms with Crippen molar-refractivity contribution in [2.75, 3.05) is 5.73 Å². The lowest BCUT2D eigenvalue weighted by atomic mass is 10.1. The predicted molar refractivity (Wildman–Crippen MR) is 47.8 cm³/mol. The number of fused-ring (bicyclic) bond motifs is 1. The molecule has 0 radical (unpaired) electrons. The van der Waals surface area contributed by atoms with E-state index in [0.29, 0.717) is 0 Å². The van der Waals surface area contributed by atoms with Gasteiger partial charge in [-0.15, -0.1) is 0 Å². The lowest BCUT2D eigenvalue weighted by molar-refractivity contribution is 0.598. The van der Waals surface area contributed by atoms with Crippen molar-refractivity contribution < 1.29 is 4.42 Å². The van der Waals surface area contributed by atoms with E-state index in [-0.39, 0.29) is 0 Å². The minimum absolute atomic E-state index is 0.744. The predicted octanol–water partition coefficient (Wildman–Crippen LogP) is 1.97. The molecular formula is C9H10N2O. The van der Waals surface area contributed by atoms with Crippen LogP contribution in [0.2, 0.25) is 0 Å². The topological polar surface area (TPSA) is 52.0 Å². The number of aromatic nitrogens is 1. The van der Waals surface area contributed by atoms with Gasteiger partial charge in [-0.1, -0.05) is 6.92 Å². The van der Waals surface area contributed by atoms with Gasteiger partial charge in [0.25, 0.3) is 0 Å². The summed E-state index contributed by atoms with van der Waals surface area (Å²) in [6, 6.07) is 3.74. The van der Waals surface area contributed by atoms with Crippen molar-refractivity contribution in [1.29, 1.82) is 0 Å². The molecule has 0 saturated heterocycles. The van der Waals surface area contributed by atoms with E-state index in [1.54, 1.807) is 0 Å². The maximum absolute atomic E-state index is 5.68. The van der Waals surface area contributed by atoms with Gasteiger partial charge in [0.2, 0.25) is 0 Å². The highest BCUT2D eigenvalue weighted by Crippen LogP contribution is 2.21. The second kappa shape index (κ2) is 2.52. The second-order valence-corrected chi connectivity index (χ2v) is 2.73. The highest BCUT2D eigenvalue weighted by Gasteiger charge is 2.04. The Morgan fingerprint density at radius 2 is 2.33 bits per heavy atom. The van der Waals surface area contributed by atoms with Crippen molar-refractivity contribution in [1.82, 2.24) is 4.98 Å². The fourth-order valence-corrected chi connectivity index (χ4v) is 1.33. The summed E-state index contributed by atoms with van der Waals surface area (Å²) < 4.78 is 5.23. The van der Waals surface area contributed by atoms with Gasteiger partial charge in [-0.3, -0.25) is 0 Å². The average Bonchev–Trinajstić information content (AvgIpc) is 2.50. The summed E-state index contributed by atoms with van der Waals surface area (Å²) in [5, 5.41) is 0. The van der Waals surface area contributed by atoms with Gasteiger partial charge >= 0.3 is 0 Å². The van der Waals surface area contributed by atoms with Crippen LogP contribution in [-0.2, 0) is 6.42 Å².